The summed E-state index contributed by atoms with van der Waals surface area (Å²) in [6.45, 7) is 0.643. The molecule has 18 heavy (non-hydrogen) atoms. The summed E-state index contributed by atoms with van der Waals surface area (Å²) in [7, 11) is 3.43. The molecule has 94 valence electrons. The maximum Gasteiger partial charge on any atom is 0.254 e. The first kappa shape index (κ1) is 12.1. The minimum absolute atomic E-state index is 0.0520. The number of anilines is 1. The smallest absolute Gasteiger partial charge is 0.254 e. The molecule has 2 heterocycles. The Balaban J connectivity index is 1.97. The summed E-state index contributed by atoms with van der Waals surface area (Å²) in [6.07, 6.45) is 5.13. The number of rotatable bonds is 4. The third kappa shape index (κ3) is 2.85. The predicted molar refractivity (Wildman–Crippen MR) is 68.2 cm³/mol. The third-order valence-electron chi connectivity index (χ3n) is 2.45. The Kier molecular flexibility index (Phi) is 3.57. The van der Waals surface area contributed by atoms with Crippen LogP contribution in [0.3, 0.4) is 0 Å². The Bertz CT molecular complexity index is 504. The van der Waals surface area contributed by atoms with Crippen LogP contribution in [-0.4, -0.2) is 40.1 Å². The molecule has 2 rings (SSSR count). The summed E-state index contributed by atoms with van der Waals surface area (Å²) in [5.74, 6) is 0.676. The van der Waals surface area contributed by atoms with E-state index in [4.69, 9.17) is 0 Å². The highest BCUT2D eigenvalue weighted by Crippen LogP contribution is 2.08. The normalized spacial score (nSPS) is 10.1. The van der Waals surface area contributed by atoms with Gasteiger partial charge in [-0.05, 0) is 12.1 Å². The number of carbonyl (C=O) groups excluding carboxylic acids is 1. The highest BCUT2D eigenvalue weighted by atomic mass is 16.2. The van der Waals surface area contributed by atoms with E-state index in [2.05, 4.69) is 20.5 Å². The van der Waals surface area contributed by atoms with Gasteiger partial charge in [0.1, 0.15) is 5.82 Å². The summed E-state index contributed by atoms with van der Waals surface area (Å²) in [4.78, 5) is 17.4. The van der Waals surface area contributed by atoms with Gasteiger partial charge in [0, 0.05) is 38.6 Å². The van der Waals surface area contributed by atoms with Gasteiger partial charge in [0.25, 0.3) is 5.91 Å². The Morgan fingerprint density at radius 3 is 2.78 bits per heavy atom. The lowest BCUT2D eigenvalue weighted by molar-refractivity contribution is 0.0827. The number of nitrogens with zero attached hydrogens (tertiary/aromatic N) is 3. The van der Waals surface area contributed by atoms with Gasteiger partial charge < -0.3 is 10.2 Å². The fourth-order valence-corrected chi connectivity index (χ4v) is 1.45. The van der Waals surface area contributed by atoms with Crippen LogP contribution in [0.25, 0.3) is 0 Å². The van der Waals surface area contributed by atoms with Crippen LogP contribution in [0, 0.1) is 0 Å². The number of nitrogens with one attached hydrogen (secondary N) is 2. The summed E-state index contributed by atoms with van der Waals surface area (Å²) < 4.78 is 0. The lowest BCUT2D eigenvalue weighted by atomic mass is 10.2. The average Bonchev–Trinajstić information content (AvgIpc) is 2.89. The standard InChI is InChI=1S/C12H15N5O/c1-17(2)12(18)10-3-4-11(14-8-10)13-5-9-6-15-16-7-9/h3-4,6-8H,5H2,1-2H3,(H,13,14)(H,15,16). The molecule has 0 saturated heterocycles. The van der Waals surface area contributed by atoms with Crippen LogP contribution in [0.4, 0.5) is 5.82 Å². The molecule has 0 radical (unpaired) electrons. The second-order valence-electron chi connectivity index (χ2n) is 4.09. The Morgan fingerprint density at radius 1 is 1.39 bits per heavy atom. The van der Waals surface area contributed by atoms with E-state index in [1.54, 1.807) is 38.6 Å². The van der Waals surface area contributed by atoms with Gasteiger partial charge in [-0.3, -0.25) is 9.89 Å². The van der Waals surface area contributed by atoms with Crippen molar-refractivity contribution in [3.63, 3.8) is 0 Å². The van der Waals surface area contributed by atoms with E-state index in [0.29, 0.717) is 12.1 Å². The summed E-state index contributed by atoms with van der Waals surface area (Å²) >= 11 is 0. The average molecular weight is 245 g/mol. The van der Waals surface area contributed by atoms with Crippen LogP contribution in [0.2, 0.25) is 0 Å². The molecule has 0 unspecified atom stereocenters. The molecule has 0 saturated carbocycles. The van der Waals surface area contributed by atoms with Crippen molar-refractivity contribution in [1.29, 1.82) is 0 Å². The van der Waals surface area contributed by atoms with Gasteiger partial charge in [0.15, 0.2) is 0 Å². The van der Waals surface area contributed by atoms with E-state index in [0.717, 1.165) is 11.4 Å². The Labute approximate surface area is 105 Å². The number of pyridine rings is 1. The van der Waals surface area contributed by atoms with E-state index in [9.17, 15) is 4.79 Å². The zero-order valence-corrected chi connectivity index (χ0v) is 10.3. The number of hydrogen-bond donors (Lipinski definition) is 2. The van der Waals surface area contributed by atoms with Crippen LogP contribution >= 0.6 is 0 Å². The lowest BCUT2D eigenvalue weighted by Crippen LogP contribution is -2.21. The molecular weight excluding hydrogens is 230 g/mol. The predicted octanol–water partition coefficient (Wildman–Crippen LogP) is 1.12. The Hall–Kier alpha value is -2.37. The molecule has 0 aliphatic heterocycles. The fraction of sp³-hybridized carbons (Fsp3) is 0.250. The third-order valence-corrected chi connectivity index (χ3v) is 2.45. The van der Waals surface area contributed by atoms with Crippen molar-refractivity contribution in [2.45, 2.75) is 6.54 Å². The highest BCUT2D eigenvalue weighted by Gasteiger charge is 2.07. The van der Waals surface area contributed by atoms with Crippen molar-refractivity contribution >= 4 is 11.7 Å². The molecule has 0 fully saturated rings. The van der Waals surface area contributed by atoms with Crippen molar-refractivity contribution in [1.82, 2.24) is 20.1 Å². The van der Waals surface area contributed by atoms with Crippen molar-refractivity contribution in [2.24, 2.45) is 0 Å². The quantitative estimate of drug-likeness (QED) is 0.846. The first-order valence-electron chi connectivity index (χ1n) is 5.56. The molecule has 0 atom stereocenters. The largest absolute Gasteiger partial charge is 0.366 e. The van der Waals surface area contributed by atoms with Gasteiger partial charge >= 0.3 is 0 Å². The zero-order chi connectivity index (χ0) is 13.0. The van der Waals surface area contributed by atoms with Crippen molar-refractivity contribution in [2.75, 3.05) is 19.4 Å². The molecule has 0 bridgehead atoms. The summed E-state index contributed by atoms with van der Waals surface area (Å²) in [5.41, 5.74) is 1.62. The van der Waals surface area contributed by atoms with Crippen molar-refractivity contribution in [3.05, 3.63) is 41.9 Å². The molecule has 0 aliphatic carbocycles. The number of aromatic amines is 1. The Morgan fingerprint density at radius 2 is 2.22 bits per heavy atom. The first-order valence-corrected chi connectivity index (χ1v) is 5.56. The van der Waals surface area contributed by atoms with E-state index >= 15 is 0 Å². The SMILES string of the molecule is CN(C)C(=O)c1ccc(NCc2cn[nH]c2)nc1. The first-order chi connectivity index (χ1) is 8.66. The molecule has 6 nitrogen and oxygen atoms in total. The number of hydrogen-bond acceptors (Lipinski definition) is 4. The maximum atomic E-state index is 11.7. The molecule has 2 aromatic heterocycles. The number of aromatic nitrogens is 3. The summed E-state index contributed by atoms with van der Waals surface area (Å²) in [6, 6.07) is 3.55. The van der Waals surface area contributed by atoms with Gasteiger partial charge in [0.2, 0.25) is 0 Å². The van der Waals surface area contributed by atoms with Gasteiger partial charge in [-0.25, -0.2) is 4.98 Å². The van der Waals surface area contributed by atoms with Gasteiger partial charge in [-0.2, -0.15) is 5.10 Å². The minimum atomic E-state index is -0.0520. The molecule has 2 N–H and O–H groups in total. The molecular formula is C12H15N5O. The number of H-pyrrole nitrogens is 1. The molecule has 0 aliphatic rings. The topological polar surface area (TPSA) is 73.9 Å². The number of carbonyl (C=O) groups is 1. The van der Waals surface area contributed by atoms with Gasteiger partial charge in [-0.15, -0.1) is 0 Å². The summed E-state index contributed by atoms with van der Waals surface area (Å²) in [5, 5.41) is 9.74. The molecule has 0 spiro atoms. The number of amides is 1. The molecule has 0 aromatic carbocycles. The van der Waals surface area contributed by atoms with Crippen LogP contribution in [0.5, 0.6) is 0 Å². The lowest BCUT2D eigenvalue weighted by Gasteiger charge is -2.10. The van der Waals surface area contributed by atoms with Gasteiger partial charge in [0.05, 0.1) is 11.8 Å². The van der Waals surface area contributed by atoms with E-state index in [1.807, 2.05) is 6.20 Å². The highest BCUT2D eigenvalue weighted by molar-refractivity contribution is 5.93. The van der Waals surface area contributed by atoms with E-state index in [1.165, 1.54) is 4.90 Å². The second-order valence-corrected chi connectivity index (χ2v) is 4.09. The second kappa shape index (κ2) is 5.31. The van der Waals surface area contributed by atoms with Crippen LogP contribution < -0.4 is 5.32 Å². The fourth-order valence-electron chi connectivity index (χ4n) is 1.45. The van der Waals surface area contributed by atoms with Crippen molar-refractivity contribution in [3.8, 4) is 0 Å². The zero-order valence-electron chi connectivity index (χ0n) is 10.3. The van der Waals surface area contributed by atoms with E-state index < -0.39 is 0 Å². The van der Waals surface area contributed by atoms with Crippen LogP contribution in [0.15, 0.2) is 30.7 Å². The van der Waals surface area contributed by atoms with Gasteiger partial charge in [-0.1, -0.05) is 0 Å². The molecule has 6 heteroatoms. The van der Waals surface area contributed by atoms with Crippen LogP contribution in [0.1, 0.15) is 15.9 Å². The minimum Gasteiger partial charge on any atom is -0.366 e. The molecule has 2 aromatic rings. The van der Waals surface area contributed by atoms with E-state index in [-0.39, 0.29) is 5.91 Å². The monoisotopic (exact) mass is 245 g/mol. The molecule has 1 amide bonds. The maximum absolute atomic E-state index is 11.7. The van der Waals surface area contributed by atoms with Crippen molar-refractivity contribution < 1.29 is 4.79 Å². The van der Waals surface area contributed by atoms with Crippen LogP contribution in [-0.2, 0) is 6.54 Å².